The third-order valence-corrected chi connectivity index (χ3v) is 4.55. The fourth-order valence-corrected chi connectivity index (χ4v) is 2.94. The molecule has 2 aromatic carbocycles. The predicted molar refractivity (Wildman–Crippen MR) is 113 cm³/mol. The average Bonchev–Trinajstić information content (AvgIpc) is 2.73. The number of aromatic nitrogens is 2. The maximum atomic E-state index is 12.3. The first-order valence-corrected chi connectivity index (χ1v) is 9.44. The van der Waals surface area contributed by atoms with Crippen molar-refractivity contribution in [3.05, 3.63) is 81.1 Å². The molecule has 0 saturated heterocycles. The lowest BCUT2D eigenvalue weighted by molar-refractivity contribution is -0.383. The Bertz CT molecular complexity index is 1010. The largest absolute Gasteiger partial charge is 0.355 e. The third-order valence-electron chi connectivity index (χ3n) is 4.03. The van der Waals surface area contributed by atoms with Crippen LogP contribution in [0.4, 0.5) is 23.0 Å². The maximum absolute atomic E-state index is 12.3. The lowest BCUT2D eigenvalue weighted by Gasteiger charge is -2.22. The summed E-state index contributed by atoms with van der Waals surface area (Å²) in [7, 11) is 0. The normalized spacial score (nSPS) is 10.3. The maximum Gasteiger partial charge on any atom is 0.355 e. The van der Waals surface area contributed by atoms with Crippen LogP contribution in [0.1, 0.15) is 17.3 Å². The molecule has 0 atom stereocenters. The molecule has 3 aromatic rings. The van der Waals surface area contributed by atoms with Crippen molar-refractivity contribution >= 4 is 44.8 Å². The van der Waals surface area contributed by atoms with E-state index in [0.717, 1.165) is 10.2 Å². The molecule has 0 aliphatic carbocycles. The van der Waals surface area contributed by atoms with E-state index in [1.165, 1.54) is 6.33 Å². The molecular weight excluding hydrogens is 440 g/mol. The first-order valence-electron chi connectivity index (χ1n) is 8.65. The zero-order chi connectivity index (χ0) is 20.8. The molecule has 0 bridgehead atoms. The SMILES string of the molecule is CCN(c1ccccc1)c1ncnc(NNC(=O)c2ccc(Br)cc2)c1[N+](=O)[O-]. The van der Waals surface area contributed by atoms with Crippen molar-refractivity contribution in [2.24, 2.45) is 0 Å². The van der Waals surface area contributed by atoms with E-state index in [9.17, 15) is 14.9 Å². The summed E-state index contributed by atoms with van der Waals surface area (Å²) in [4.78, 5) is 33.3. The van der Waals surface area contributed by atoms with Crippen molar-refractivity contribution in [2.75, 3.05) is 16.9 Å². The van der Waals surface area contributed by atoms with E-state index in [2.05, 4.69) is 36.7 Å². The van der Waals surface area contributed by atoms with Crippen LogP contribution in [0, 0.1) is 10.1 Å². The van der Waals surface area contributed by atoms with Crippen molar-refractivity contribution in [2.45, 2.75) is 6.92 Å². The van der Waals surface area contributed by atoms with Gasteiger partial charge in [0.05, 0.1) is 4.92 Å². The van der Waals surface area contributed by atoms with Crippen LogP contribution in [-0.4, -0.2) is 27.3 Å². The van der Waals surface area contributed by atoms with Crippen molar-refractivity contribution in [1.29, 1.82) is 0 Å². The van der Waals surface area contributed by atoms with Crippen LogP contribution in [0.3, 0.4) is 0 Å². The number of halogens is 1. The summed E-state index contributed by atoms with van der Waals surface area (Å²) in [6, 6.07) is 15.9. The van der Waals surface area contributed by atoms with Gasteiger partial charge in [0.1, 0.15) is 6.33 Å². The molecule has 10 heteroatoms. The molecule has 2 N–H and O–H groups in total. The van der Waals surface area contributed by atoms with Gasteiger partial charge in [-0.05, 0) is 43.3 Å². The van der Waals surface area contributed by atoms with Crippen LogP contribution in [0.5, 0.6) is 0 Å². The highest BCUT2D eigenvalue weighted by atomic mass is 79.9. The Hall–Kier alpha value is -3.53. The topological polar surface area (TPSA) is 113 Å². The molecule has 148 valence electrons. The van der Waals surface area contributed by atoms with E-state index in [0.29, 0.717) is 12.1 Å². The fraction of sp³-hybridized carbons (Fsp3) is 0.105. The lowest BCUT2D eigenvalue weighted by atomic mass is 10.2. The number of hydrazine groups is 1. The third kappa shape index (κ3) is 4.66. The van der Waals surface area contributed by atoms with Crippen molar-refractivity contribution in [3.8, 4) is 0 Å². The number of nitrogens with one attached hydrogen (secondary N) is 2. The second kappa shape index (κ2) is 9.11. The average molecular weight is 457 g/mol. The van der Waals surface area contributed by atoms with Crippen LogP contribution in [0.25, 0.3) is 0 Å². The molecule has 0 radical (unpaired) electrons. The monoisotopic (exact) mass is 456 g/mol. The summed E-state index contributed by atoms with van der Waals surface area (Å²) in [5, 5.41) is 11.8. The molecule has 1 aromatic heterocycles. The van der Waals surface area contributed by atoms with Gasteiger partial charge in [-0.1, -0.05) is 34.1 Å². The summed E-state index contributed by atoms with van der Waals surface area (Å²) in [6.07, 6.45) is 1.21. The second-order valence-electron chi connectivity index (χ2n) is 5.82. The van der Waals surface area contributed by atoms with Crippen molar-refractivity contribution in [1.82, 2.24) is 15.4 Å². The van der Waals surface area contributed by atoms with Gasteiger partial charge in [-0.15, -0.1) is 0 Å². The van der Waals surface area contributed by atoms with Crippen LogP contribution in [-0.2, 0) is 0 Å². The van der Waals surface area contributed by atoms with E-state index in [-0.39, 0.29) is 17.3 Å². The van der Waals surface area contributed by atoms with Crippen molar-refractivity contribution < 1.29 is 9.72 Å². The highest BCUT2D eigenvalue weighted by Crippen LogP contribution is 2.35. The van der Waals surface area contributed by atoms with Gasteiger partial charge >= 0.3 is 5.69 Å². The number of para-hydroxylation sites is 1. The Balaban J connectivity index is 1.89. The predicted octanol–water partition coefficient (Wildman–Crippen LogP) is 4.06. The quantitative estimate of drug-likeness (QED) is 0.406. The highest BCUT2D eigenvalue weighted by Gasteiger charge is 2.27. The fourth-order valence-electron chi connectivity index (χ4n) is 2.68. The number of nitrogens with zero attached hydrogens (tertiary/aromatic N) is 4. The molecule has 0 aliphatic heterocycles. The van der Waals surface area contributed by atoms with Gasteiger partial charge in [0.25, 0.3) is 5.91 Å². The number of rotatable bonds is 7. The molecule has 3 rings (SSSR count). The highest BCUT2D eigenvalue weighted by molar-refractivity contribution is 9.10. The summed E-state index contributed by atoms with van der Waals surface area (Å²) in [5.74, 6) is -0.443. The number of amides is 1. The number of carbonyl (C=O) groups excluding carboxylic acids is 1. The smallest absolute Gasteiger partial charge is 0.321 e. The Morgan fingerprint density at radius 2 is 1.83 bits per heavy atom. The minimum absolute atomic E-state index is 0.111. The molecule has 0 unspecified atom stereocenters. The van der Waals surface area contributed by atoms with Gasteiger partial charge in [-0.2, -0.15) is 0 Å². The summed E-state index contributed by atoms with van der Waals surface area (Å²) in [6.45, 7) is 2.31. The van der Waals surface area contributed by atoms with Gasteiger partial charge in [-0.3, -0.25) is 25.8 Å². The number of anilines is 3. The van der Waals surface area contributed by atoms with Gasteiger partial charge in [-0.25, -0.2) is 9.97 Å². The summed E-state index contributed by atoms with van der Waals surface area (Å²) >= 11 is 3.30. The summed E-state index contributed by atoms with van der Waals surface area (Å²) < 4.78 is 0.832. The molecular formula is C19H17BrN6O3. The van der Waals surface area contributed by atoms with Crippen molar-refractivity contribution in [3.63, 3.8) is 0 Å². The number of hydrogen-bond acceptors (Lipinski definition) is 7. The van der Waals surface area contributed by atoms with Crippen LogP contribution < -0.4 is 15.8 Å². The standard InChI is InChI=1S/C19H17BrN6O3/c1-2-25(15-6-4-3-5-7-15)18-16(26(28)29)17(21-12-22-18)23-24-19(27)13-8-10-14(20)11-9-13/h3-12H,2H2,1H3,(H,24,27)(H,21,22,23). The molecule has 0 fully saturated rings. The van der Waals surface area contributed by atoms with Crippen LogP contribution in [0.2, 0.25) is 0 Å². The molecule has 1 amide bonds. The van der Waals surface area contributed by atoms with Crippen LogP contribution >= 0.6 is 15.9 Å². The minimum atomic E-state index is -0.574. The van der Waals surface area contributed by atoms with E-state index < -0.39 is 10.8 Å². The Kier molecular flexibility index (Phi) is 6.35. The van der Waals surface area contributed by atoms with Gasteiger partial charge in [0, 0.05) is 22.3 Å². The van der Waals surface area contributed by atoms with Crippen LogP contribution in [0.15, 0.2) is 65.4 Å². The zero-order valence-corrected chi connectivity index (χ0v) is 17.0. The molecule has 9 nitrogen and oxygen atoms in total. The Morgan fingerprint density at radius 1 is 1.14 bits per heavy atom. The Labute approximate surface area is 175 Å². The molecule has 0 spiro atoms. The molecule has 0 saturated carbocycles. The van der Waals surface area contributed by atoms with E-state index >= 15 is 0 Å². The molecule has 1 heterocycles. The number of benzene rings is 2. The van der Waals surface area contributed by atoms with Gasteiger partial charge < -0.3 is 4.90 Å². The Morgan fingerprint density at radius 3 is 2.45 bits per heavy atom. The summed E-state index contributed by atoms with van der Waals surface area (Å²) in [5.41, 5.74) is 5.78. The zero-order valence-electron chi connectivity index (χ0n) is 15.4. The van der Waals surface area contributed by atoms with Gasteiger partial charge in [0.15, 0.2) is 0 Å². The molecule has 0 aliphatic rings. The lowest BCUT2D eigenvalue weighted by Crippen LogP contribution is -2.30. The van der Waals surface area contributed by atoms with Gasteiger partial charge in [0.2, 0.25) is 11.6 Å². The number of nitro groups is 1. The number of carbonyl (C=O) groups is 1. The van der Waals surface area contributed by atoms with E-state index in [4.69, 9.17) is 0 Å². The van der Waals surface area contributed by atoms with E-state index in [1.54, 1.807) is 29.2 Å². The molecule has 29 heavy (non-hydrogen) atoms. The first-order chi connectivity index (χ1) is 14.0. The first kappa shape index (κ1) is 20.2. The van der Waals surface area contributed by atoms with E-state index in [1.807, 2.05) is 37.3 Å². The minimum Gasteiger partial charge on any atom is -0.321 e. The number of hydrogen-bond donors (Lipinski definition) is 2. The second-order valence-corrected chi connectivity index (χ2v) is 6.73.